The molecule has 1 N–H and O–H groups in total. The highest BCUT2D eigenvalue weighted by Gasteiger charge is 2.34. The molecule has 1 atom stereocenters. The summed E-state index contributed by atoms with van der Waals surface area (Å²) in [6, 6.07) is 32.7. The lowest BCUT2D eigenvalue weighted by atomic mass is 10.1. The molecule has 9 heteroatoms. The molecule has 1 saturated carbocycles. The quantitative estimate of drug-likeness (QED) is 0.182. The minimum absolute atomic E-state index is 0.0584. The van der Waals surface area contributed by atoms with Crippen molar-refractivity contribution in [1.29, 1.82) is 0 Å². The van der Waals surface area contributed by atoms with Crippen molar-refractivity contribution in [2.75, 3.05) is 10.8 Å². The summed E-state index contributed by atoms with van der Waals surface area (Å²) in [5.41, 5.74) is 1.15. The number of benzene rings is 4. The Morgan fingerprint density at radius 2 is 1.36 bits per heavy atom. The third-order valence-electron chi connectivity index (χ3n) is 8.00. The van der Waals surface area contributed by atoms with Gasteiger partial charge in [0, 0.05) is 12.6 Å². The fraction of sp³-hybridized carbons (Fsp3) is 0.278. The predicted molar refractivity (Wildman–Crippen MR) is 175 cm³/mol. The van der Waals surface area contributed by atoms with E-state index in [1.54, 1.807) is 42.5 Å². The molecule has 1 aliphatic rings. The van der Waals surface area contributed by atoms with Crippen molar-refractivity contribution in [3.8, 4) is 11.5 Å². The molecule has 0 heterocycles. The van der Waals surface area contributed by atoms with Gasteiger partial charge >= 0.3 is 0 Å². The molecule has 4 aromatic carbocycles. The standard InChI is InChI=1S/C36H39N3O5S/c1-2-34(36(41)37-29-16-12-13-17-29)38(26-28-14-6-3-7-15-28)35(40)27-39(45(42,43)33-20-10-5-11-21-33)30-22-24-32(25-23-30)44-31-18-8-4-9-19-31/h3-11,14-15,18-25,29,34H,2,12-13,16-17,26-27H2,1H3,(H,37,41)/t34-/m0/s1. The summed E-state index contributed by atoms with van der Waals surface area (Å²) in [5.74, 6) is 0.478. The molecule has 0 saturated heterocycles. The van der Waals surface area contributed by atoms with Crippen LogP contribution in [0.4, 0.5) is 5.69 Å². The fourth-order valence-electron chi connectivity index (χ4n) is 5.62. The Kier molecular flexibility index (Phi) is 10.5. The minimum atomic E-state index is -4.15. The van der Waals surface area contributed by atoms with Crippen molar-refractivity contribution in [3.05, 3.63) is 121 Å². The zero-order chi connectivity index (χ0) is 31.6. The van der Waals surface area contributed by atoms with Crippen LogP contribution in [-0.2, 0) is 26.2 Å². The molecule has 1 aliphatic carbocycles. The lowest BCUT2D eigenvalue weighted by molar-refractivity contribution is -0.140. The highest BCUT2D eigenvalue weighted by Crippen LogP contribution is 2.29. The van der Waals surface area contributed by atoms with E-state index in [-0.39, 0.29) is 23.4 Å². The van der Waals surface area contributed by atoms with E-state index in [2.05, 4.69) is 5.32 Å². The van der Waals surface area contributed by atoms with Gasteiger partial charge in [-0.25, -0.2) is 8.42 Å². The number of carbonyl (C=O) groups is 2. The number of sulfonamides is 1. The van der Waals surface area contributed by atoms with Gasteiger partial charge in [0.05, 0.1) is 10.6 Å². The van der Waals surface area contributed by atoms with Gasteiger partial charge in [0.2, 0.25) is 11.8 Å². The molecule has 0 aromatic heterocycles. The number of hydrogen-bond donors (Lipinski definition) is 1. The molecular weight excluding hydrogens is 586 g/mol. The van der Waals surface area contributed by atoms with Gasteiger partial charge in [0.15, 0.2) is 0 Å². The van der Waals surface area contributed by atoms with Crippen molar-refractivity contribution in [3.63, 3.8) is 0 Å². The average molecular weight is 626 g/mol. The van der Waals surface area contributed by atoms with Crippen molar-refractivity contribution in [1.82, 2.24) is 10.2 Å². The first-order chi connectivity index (χ1) is 21.8. The molecule has 45 heavy (non-hydrogen) atoms. The number of ether oxygens (including phenoxy) is 1. The van der Waals surface area contributed by atoms with E-state index < -0.39 is 28.5 Å². The summed E-state index contributed by atoms with van der Waals surface area (Å²) in [4.78, 5) is 29.4. The van der Waals surface area contributed by atoms with Gasteiger partial charge in [-0.05, 0) is 73.4 Å². The Morgan fingerprint density at radius 3 is 1.96 bits per heavy atom. The van der Waals surface area contributed by atoms with Crippen LogP contribution in [0, 0.1) is 0 Å². The van der Waals surface area contributed by atoms with E-state index in [0.717, 1.165) is 35.6 Å². The first-order valence-corrected chi connectivity index (χ1v) is 16.8. The van der Waals surface area contributed by atoms with Crippen LogP contribution in [0.25, 0.3) is 0 Å². The topological polar surface area (TPSA) is 96.0 Å². The molecule has 4 aromatic rings. The zero-order valence-electron chi connectivity index (χ0n) is 25.4. The van der Waals surface area contributed by atoms with Gasteiger partial charge in [-0.15, -0.1) is 0 Å². The second-order valence-corrected chi connectivity index (χ2v) is 13.0. The molecule has 0 bridgehead atoms. The van der Waals surface area contributed by atoms with Crippen molar-refractivity contribution < 1.29 is 22.7 Å². The van der Waals surface area contributed by atoms with Crippen LogP contribution in [0.3, 0.4) is 0 Å². The Bertz CT molecular complexity index is 1640. The van der Waals surface area contributed by atoms with Gasteiger partial charge in [0.1, 0.15) is 24.1 Å². The van der Waals surface area contributed by atoms with Crippen LogP contribution < -0.4 is 14.4 Å². The Balaban J connectivity index is 1.47. The van der Waals surface area contributed by atoms with E-state index in [4.69, 9.17) is 4.74 Å². The van der Waals surface area contributed by atoms with E-state index in [1.807, 2.05) is 67.6 Å². The number of nitrogens with one attached hydrogen (secondary N) is 1. The molecule has 234 valence electrons. The Morgan fingerprint density at radius 1 is 0.800 bits per heavy atom. The molecule has 1 fully saturated rings. The second-order valence-electron chi connectivity index (χ2n) is 11.2. The molecule has 2 amide bonds. The average Bonchev–Trinajstić information content (AvgIpc) is 3.58. The maximum absolute atomic E-state index is 14.3. The van der Waals surface area contributed by atoms with Gasteiger partial charge in [-0.3, -0.25) is 13.9 Å². The summed E-state index contributed by atoms with van der Waals surface area (Å²) in [6.07, 6.45) is 4.35. The van der Waals surface area contributed by atoms with Crippen LogP contribution in [0.2, 0.25) is 0 Å². The minimum Gasteiger partial charge on any atom is -0.457 e. The van der Waals surface area contributed by atoms with Crippen LogP contribution in [-0.4, -0.2) is 43.8 Å². The lowest BCUT2D eigenvalue weighted by Gasteiger charge is -2.33. The molecule has 0 radical (unpaired) electrons. The van der Waals surface area contributed by atoms with Gasteiger partial charge in [0.25, 0.3) is 10.0 Å². The van der Waals surface area contributed by atoms with Crippen LogP contribution >= 0.6 is 0 Å². The van der Waals surface area contributed by atoms with Crippen LogP contribution in [0.1, 0.15) is 44.6 Å². The summed E-state index contributed by atoms with van der Waals surface area (Å²) in [7, 11) is -4.15. The highest BCUT2D eigenvalue weighted by molar-refractivity contribution is 7.92. The number of carbonyl (C=O) groups excluding carboxylic acids is 2. The maximum Gasteiger partial charge on any atom is 0.264 e. The first-order valence-electron chi connectivity index (χ1n) is 15.4. The van der Waals surface area contributed by atoms with Crippen LogP contribution in [0.15, 0.2) is 120 Å². The summed E-state index contributed by atoms with van der Waals surface area (Å²) in [5, 5.41) is 3.14. The lowest BCUT2D eigenvalue weighted by Crippen LogP contribution is -2.53. The van der Waals surface area contributed by atoms with Crippen LogP contribution in [0.5, 0.6) is 11.5 Å². The fourth-order valence-corrected chi connectivity index (χ4v) is 7.06. The van der Waals surface area contributed by atoms with Gasteiger partial charge in [-0.2, -0.15) is 0 Å². The Labute approximate surface area is 265 Å². The summed E-state index contributed by atoms with van der Waals surface area (Å²) in [6.45, 7) is 1.55. The molecular formula is C36H39N3O5S. The number of hydrogen-bond acceptors (Lipinski definition) is 5. The first kappa shape index (κ1) is 31.8. The molecule has 0 unspecified atom stereocenters. The van der Waals surface area contributed by atoms with E-state index >= 15 is 0 Å². The zero-order valence-corrected chi connectivity index (χ0v) is 26.2. The molecule has 5 rings (SSSR count). The number of amides is 2. The SMILES string of the molecule is CC[C@@H](C(=O)NC1CCCC1)N(Cc1ccccc1)C(=O)CN(c1ccc(Oc2ccccc2)cc1)S(=O)(=O)c1ccccc1. The predicted octanol–water partition coefficient (Wildman–Crippen LogP) is 6.54. The number of para-hydroxylation sites is 1. The van der Waals surface area contributed by atoms with Crippen molar-refractivity contribution in [2.24, 2.45) is 0 Å². The largest absolute Gasteiger partial charge is 0.457 e. The van der Waals surface area contributed by atoms with E-state index in [1.165, 1.54) is 17.0 Å². The highest BCUT2D eigenvalue weighted by atomic mass is 32.2. The molecule has 0 spiro atoms. The van der Waals surface area contributed by atoms with Crippen molar-refractivity contribution >= 4 is 27.5 Å². The molecule has 8 nitrogen and oxygen atoms in total. The summed E-state index contributed by atoms with van der Waals surface area (Å²) >= 11 is 0. The van der Waals surface area contributed by atoms with Gasteiger partial charge in [-0.1, -0.05) is 86.5 Å². The normalized spacial score (nSPS) is 14.0. The van der Waals surface area contributed by atoms with E-state index in [0.29, 0.717) is 23.6 Å². The smallest absolute Gasteiger partial charge is 0.264 e. The second kappa shape index (κ2) is 14.9. The van der Waals surface area contributed by atoms with Crippen molar-refractivity contribution in [2.45, 2.75) is 62.6 Å². The third-order valence-corrected chi connectivity index (χ3v) is 9.78. The number of nitrogens with zero attached hydrogens (tertiary/aromatic N) is 2. The maximum atomic E-state index is 14.3. The van der Waals surface area contributed by atoms with E-state index in [9.17, 15) is 18.0 Å². The third kappa shape index (κ3) is 8.10. The Hall–Kier alpha value is -4.63. The monoisotopic (exact) mass is 625 g/mol. The molecule has 0 aliphatic heterocycles. The number of rotatable bonds is 13. The van der Waals surface area contributed by atoms with Gasteiger partial charge < -0.3 is 15.0 Å². The summed E-state index contributed by atoms with van der Waals surface area (Å²) < 4.78 is 35.2. The number of anilines is 1.